The van der Waals surface area contributed by atoms with Gasteiger partial charge < -0.3 is 4.74 Å². The molecule has 0 saturated carbocycles. The molecule has 2 rings (SSSR count). The van der Waals surface area contributed by atoms with Crippen LogP contribution in [0.15, 0.2) is 54.6 Å². The van der Waals surface area contributed by atoms with Gasteiger partial charge in [-0.15, -0.1) is 0 Å². The number of carbonyl (C=O) groups is 1. The Hall–Kier alpha value is -2.23. The highest BCUT2D eigenvalue weighted by atomic mass is 19.3. The van der Waals surface area contributed by atoms with Crippen molar-refractivity contribution < 1.29 is 18.3 Å². The molecule has 0 amide bonds. The summed E-state index contributed by atoms with van der Waals surface area (Å²) in [6.07, 6.45) is 0.679. The highest BCUT2D eigenvalue weighted by Crippen LogP contribution is 2.25. The molecule has 2 nitrogen and oxygen atoms in total. The van der Waals surface area contributed by atoms with Crippen LogP contribution in [0.4, 0.5) is 8.78 Å². The van der Waals surface area contributed by atoms with E-state index in [1.807, 2.05) is 37.3 Å². The predicted molar refractivity (Wildman–Crippen MR) is 76.9 cm³/mol. The van der Waals surface area contributed by atoms with Crippen LogP contribution in [0.5, 0.6) is 5.75 Å². The standard InChI is InChI=1S/C17H16F2O2/c1-2-15(12-6-4-3-5-7-12)16(20)13-8-10-14(11-9-13)21-17(18)19/h3-11,15,17H,2H2,1H3. The van der Waals surface area contributed by atoms with Crippen LogP contribution in [0, 0.1) is 0 Å². The lowest BCUT2D eigenvalue weighted by molar-refractivity contribution is -0.0498. The number of Topliss-reactive ketones (excluding diaryl/α,β-unsaturated/α-hetero) is 1. The Labute approximate surface area is 122 Å². The van der Waals surface area contributed by atoms with E-state index in [1.54, 1.807) is 0 Å². The minimum Gasteiger partial charge on any atom is -0.435 e. The molecule has 0 aliphatic rings. The van der Waals surface area contributed by atoms with Crippen molar-refractivity contribution in [2.75, 3.05) is 0 Å². The van der Waals surface area contributed by atoms with E-state index in [2.05, 4.69) is 4.74 Å². The molecule has 2 aromatic carbocycles. The number of rotatable bonds is 6. The lowest BCUT2D eigenvalue weighted by atomic mass is 9.89. The monoisotopic (exact) mass is 290 g/mol. The first kappa shape index (κ1) is 15.2. The third-order valence-corrected chi connectivity index (χ3v) is 3.29. The molecule has 4 heteroatoms. The van der Waals surface area contributed by atoms with E-state index in [0.29, 0.717) is 12.0 Å². The van der Waals surface area contributed by atoms with E-state index in [0.717, 1.165) is 5.56 Å². The fourth-order valence-corrected chi connectivity index (χ4v) is 2.26. The van der Waals surface area contributed by atoms with E-state index in [4.69, 9.17) is 0 Å². The van der Waals surface area contributed by atoms with Gasteiger partial charge in [-0.25, -0.2) is 0 Å². The lowest BCUT2D eigenvalue weighted by Gasteiger charge is -2.14. The fraction of sp³-hybridized carbons (Fsp3) is 0.235. The van der Waals surface area contributed by atoms with Crippen molar-refractivity contribution in [3.05, 3.63) is 65.7 Å². The quantitative estimate of drug-likeness (QED) is 0.723. The van der Waals surface area contributed by atoms with Gasteiger partial charge in [-0.1, -0.05) is 37.3 Å². The van der Waals surface area contributed by atoms with Crippen LogP contribution in [-0.4, -0.2) is 12.4 Å². The number of alkyl halides is 2. The zero-order valence-electron chi connectivity index (χ0n) is 11.6. The number of halogens is 2. The van der Waals surface area contributed by atoms with Gasteiger partial charge in [-0.3, -0.25) is 4.79 Å². The van der Waals surface area contributed by atoms with Crippen LogP contribution >= 0.6 is 0 Å². The summed E-state index contributed by atoms with van der Waals surface area (Å²) in [5.41, 5.74) is 1.45. The highest BCUT2D eigenvalue weighted by molar-refractivity contribution is 6.01. The number of ether oxygens (including phenoxy) is 1. The minimum atomic E-state index is -2.86. The maximum atomic E-state index is 12.5. The van der Waals surface area contributed by atoms with Gasteiger partial charge in [0.2, 0.25) is 0 Å². The van der Waals surface area contributed by atoms with Gasteiger partial charge >= 0.3 is 6.61 Å². The predicted octanol–water partition coefficient (Wildman–Crippen LogP) is 4.66. The smallest absolute Gasteiger partial charge is 0.387 e. The van der Waals surface area contributed by atoms with Crippen molar-refractivity contribution in [3.8, 4) is 5.75 Å². The average Bonchev–Trinajstić information content (AvgIpc) is 2.49. The Morgan fingerprint density at radius 2 is 1.67 bits per heavy atom. The van der Waals surface area contributed by atoms with Gasteiger partial charge in [0, 0.05) is 11.5 Å². The van der Waals surface area contributed by atoms with E-state index >= 15 is 0 Å². The van der Waals surface area contributed by atoms with Gasteiger partial charge in [-0.2, -0.15) is 8.78 Å². The largest absolute Gasteiger partial charge is 0.435 e. The second-order valence-electron chi connectivity index (χ2n) is 4.64. The van der Waals surface area contributed by atoms with Crippen LogP contribution in [0.2, 0.25) is 0 Å². The van der Waals surface area contributed by atoms with Gasteiger partial charge in [0.15, 0.2) is 5.78 Å². The summed E-state index contributed by atoms with van der Waals surface area (Å²) in [5, 5.41) is 0. The van der Waals surface area contributed by atoms with Crippen LogP contribution in [0.1, 0.15) is 35.2 Å². The van der Waals surface area contributed by atoms with Crippen LogP contribution in [-0.2, 0) is 0 Å². The number of carbonyl (C=O) groups excluding carboxylic acids is 1. The molecule has 2 aromatic rings. The zero-order chi connectivity index (χ0) is 15.2. The molecule has 0 saturated heterocycles. The zero-order valence-corrected chi connectivity index (χ0v) is 11.6. The van der Waals surface area contributed by atoms with E-state index in [9.17, 15) is 13.6 Å². The van der Waals surface area contributed by atoms with Gasteiger partial charge in [-0.05, 0) is 36.2 Å². The van der Waals surface area contributed by atoms with Crippen molar-refractivity contribution >= 4 is 5.78 Å². The number of ketones is 1. The van der Waals surface area contributed by atoms with Gasteiger partial charge in [0.05, 0.1) is 0 Å². The van der Waals surface area contributed by atoms with E-state index < -0.39 is 6.61 Å². The first-order valence-corrected chi connectivity index (χ1v) is 6.76. The summed E-state index contributed by atoms with van der Waals surface area (Å²) in [5.74, 6) is -0.199. The van der Waals surface area contributed by atoms with Crippen molar-refractivity contribution in [2.45, 2.75) is 25.9 Å². The Kier molecular flexibility index (Phi) is 5.04. The molecule has 0 fully saturated rings. The molecule has 1 atom stereocenters. The van der Waals surface area contributed by atoms with E-state index in [-0.39, 0.29) is 17.5 Å². The van der Waals surface area contributed by atoms with Crippen molar-refractivity contribution in [2.24, 2.45) is 0 Å². The molecular formula is C17H16F2O2. The SMILES string of the molecule is CCC(C(=O)c1ccc(OC(F)F)cc1)c1ccccc1. The molecule has 0 N–H and O–H groups in total. The summed E-state index contributed by atoms with van der Waals surface area (Å²) in [4.78, 5) is 12.5. The summed E-state index contributed by atoms with van der Waals surface area (Å²) >= 11 is 0. The second-order valence-corrected chi connectivity index (χ2v) is 4.64. The summed E-state index contributed by atoms with van der Waals surface area (Å²) in [6, 6.07) is 15.3. The summed E-state index contributed by atoms with van der Waals surface area (Å²) in [6.45, 7) is -0.914. The highest BCUT2D eigenvalue weighted by Gasteiger charge is 2.20. The molecule has 0 aromatic heterocycles. The summed E-state index contributed by atoms with van der Waals surface area (Å²) < 4.78 is 28.5. The molecule has 0 spiro atoms. The molecule has 110 valence electrons. The second kappa shape index (κ2) is 6.97. The molecular weight excluding hydrogens is 274 g/mol. The van der Waals surface area contributed by atoms with Crippen LogP contribution < -0.4 is 4.74 Å². The number of hydrogen-bond acceptors (Lipinski definition) is 2. The maximum Gasteiger partial charge on any atom is 0.387 e. The third kappa shape index (κ3) is 3.88. The fourth-order valence-electron chi connectivity index (χ4n) is 2.26. The average molecular weight is 290 g/mol. The van der Waals surface area contributed by atoms with Crippen molar-refractivity contribution in [1.29, 1.82) is 0 Å². The molecule has 0 bridgehead atoms. The van der Waals surface area contributed by atoms with Gasteiger partial charge in [0.1, 0.15) is 5.75 Å². The Morgan fingerprint density at radius 1 is 1.05 bits per heavy atom. The molecule has 0 aliphatic carbocycles. The minimum absolute atomic E-state index is 0.0210. The Balaban J connectivity index is 2.18. The number of hydrogen-bond donors (Lipinski definition) is 0. The molecule has 21 heavy (non-hydrogen) atoms. The molecule has 0 radical (unpaired) electrons. The topological polar surface area (TPSA) is 26.3 Å². The first-order valence-electron chi connectivity index (χ1n) is 6.76. The molecule has 0 aliphatic heterocycles. The first-order chi connectivity index (χ1) is 10.1. The Bertz CT molecular complexity index is 579. The molecule has 1 unspecified atom stereocenters. The molecule has 0 heterocycles. The number of benzene rings is 2. The maximum absolute atomic E-state index is 12.5. The van der Waals surface area contributed by atoms with E-state index in [1.165, 1.54) is 24.3 Å². The van der Waals surface area contributed by atoms with Crippen molar-refractivity contribution in [1.82, 2.24) is 0 Å². The van der Waals surface area contributed by atoms with Crippen LogP contribution in [0.3, 0.4) is 0 Å². The van der Waals surface area contributed by atoms with Crippen molar-refractivity contribution in [3.63, 3.8) is 0 Å². The lowest BCUT2D eigenvalue weighted by Crippen LogP contribution is -2.12. The van der Waals surface area contributed by atoms with Crippen LogP contribution in [0.25, 0.3) is 0 Å². The third-order valence-electron chi connectivity index (χ3n) is 3.29. The normalized spacial score (nSPS) is 12.2. The summed E-state index contributed by atoms with van der Waals surface area (Å²) in [7, 11) is 0. The Morgan fingerprint density at radius 3 is 2.19 bits per heavy atom. The van der Waals surface area contributed by atoms with Gasteiger partial charge in [0.25, 0.3) is 0 Å².